The van der Waals surface area contributed by atoms with Crippen LogP contribution in [0.2, 0.25) is 0 Å². The van der Waals surface area contributed by atoms with E-state index in [-0.39, 0.29) is 17.7 Å². The molecule has 1 aromatic heterocycles. The highest BCUT2D eigenvalue weighted by Crippen LogP contribution is 2.30. The normalized spacial score (nSPS) is 13.1. The van der Waals surface area contributed by atoms with Gasteiger partial charge in [0.1, 0.15) is 9.88 Å². The number of benzene rings is 2. The molecule has 4 rings (SSSR count). The Morgan fingerprint density at radius 1 is 1.03 bits per heavy atom. The maximum Gasteiger partial charge on any atom is 0.263 e. The monoisotopic (exact) mass is 419 g/mol. The third-order valence-electron chi connectivity index (χ3n) is 5.23. The second kappa shape index (κ2) is 8.79. The van der Waals surface area contributed by atoms with Gasteiger partial charge in [0, 0.05) is 23.7 Å². The number of hydrogen-bond acceptors (Lipinski definition) is 4. The highest BCUT2D eigenvalue weighted by atomic mass is 32.1. The molecule has 0 bridgehead atoms. The molecule has 30 heavy (non-hydrogen) atoms. The van der Waals surface area contributed by atoms with Gasteiger partial charge in [-0.25, -0.2) is 4.98 Å². The van der Waals surface area contributed by atoms with Crippen LogP contribution in [0.3, 0.4) is 0 Å². The zero-order valence-electron chi connectivity index (χ0n) is 17.2. The fourth-order valence-electron chi connectivity index (χ4n) is 3.17. The largest absolute Gasteiger partial charge is 0.347 e. The van der Waals surface area contributed by atoms with Gasteiger partial charge in [-0.2, -0.15) is 0 Å². The van der Waals surface area contributed by atoms with Crippen molar-refractivity contribution in [1.82, 2.24) is 10.3 Å². The van der Waals surface area contributed by atoms with E-state index in [0.29, 0.717) is 11.4 Å². The molecule has 1 heterocycles. The molecule has 0 atom stereocenters. The van der Waals surface area contributed by atoms with Gasteiger partial charge in [-0.1, -0.05) is 43.3 Å². The first-order chi connectivity index (χ1) is 14.5. The van der Waals surface area contributed by atoms with Gasteiger partial charge in [-0.05, 0) is 49.4 Å². The molecule has 1 aliphatic rings. The van der Waals surface area contributed by atoms with Crippen LogP contribution in [0.15, 0.2) is 48.5 Å². The molecule has 0 unspecified atom stereocenters. The van der Waals surface area contributed by atoms with Crippen LogP contribution in [0.4, 0.5) is 5.69 Å². The van der Waals surface area contributed by atoms with Crippen molar-refractivity contribution in [3.8, 4) is 10.6 Å². The van der Waals surface area contributed by atoms with Crippen molar-refractivity contribution >= 4 is 28.8 Å². The molecular formula is C24H25N3O2S. The summed E-state index contributed by atoms with van der Waals surface area (Å²) in [5.74, 6) is 0.158. The van der Waals surface area contributed by atoms with Gasteiger partial charge in [0.15, 0.2) is 0 Å². The molecule has 154 valence electrons. The molecule has 1 saturated carbocycles. The quantitative estimate of drug-likeness (QED) is 0.569. The summed E-state index contributed by atoms with van der Waals surface area (Å²) in [4.78, 5) is 29.7. The zero-order valence-corrected chi connectivity index (χ0v) is 18.0. The first kappa shape index (κ1) is 20.3. The lowest BCUT2D eigenvalue weighted by atomic mass is 10.1. The Morgan fingerprint density at radius 2 is 1.70 bits per heavy atom. The number of aromatic nitrogens is 1. The number of nitrogens with one attached hydrogen (secondary N) is 2. The molecule has 6 heteroatoms. The molecule has 0 spiro atoms. The molecule has 0 radical (unpaired) electrons. The SMILES string of the molecule is CCc1ccc(-c2nc(C)c(C(=O)NCc3ccc(NC(=O)C4CC4)cc3)s2)cc1. The maximum absolute atomic E-state index is 12.7. The zero-order chi connectivity index (χ0) is 21.1. The van der Waals surface area contributed by atoms with E-state index in [4.69, 9.17) is 0 Å². The van der Waals surface area contributed by atoms with Crippen molar-refractivity contribution in [2.24, 2.45) is 5.92 Å². The number of rotatable bonds is 7. The summed E-state index contributed by atoms with van der Waals surface area (Å²) in [5.41, 5.74) is 4.82. The number of hydrogen-bond donors (Lipinski definition) is 2. The van der Waals surface area contributed by atoms with Gasteiger partial charge in [0.2, 0.25) is 5.91 Å². The first-order valence-electron chi connectivity index (χ1n) is 10.3. The van der Waals surface area contributed by atoms with Crippen LogP contribution < -0.4 is 10.6 Å². The van der Waals surface area contributed by atoms with E-state index >= 15 is 0 Å². The van der Waals surface area contributed by atoms with E-state index < -0.39 is 0 Å². The lowest BCUT2D eigenvalue weighted by Gasteiger charge is -2.07. The minimum absolute atomic E-state index is 0.0943. The highest BCUT2D eigenvalue weighted by Gasteiger charge is 2.29. The van der Waals surface area contributed by atoms with Crippen LogP contribution in [0.25, 0.3) is 10.6 Å². The molecule has 3 aromatic rings. The van der Waals surface area contributed by atoms with Crippen molar-refractivity contribution in [2.45, 2.75) is 39.7 Å². The fraction of sp³-hybridized carbons (Fsp3) is 0.292. The Bertz CT molecular complexity index is 1050. The van der Waals surface area contributed by atoms with Crippen LogP contribution in [-0.4, -0.2) is 16.8 Å². The Kier molecular flexibility index (Phi) is 5.95. The van der Waals surface area contributed by atoms with Crippen LogP contribution >= 0.6 is 11.3 Å². The lowest BCUT2D eigenvalue weighted by molar-refractivity contribution is -0.117. The second-order valence-electron chi connectivity index (χ2n) is 7.63. The predicted octanol–water partition coefficient (Wildman–Crippen LogP) is 4.96. The van der Waals surface area contributed by atoms with Gasteiger partial charge in [-0.3, -0.25) is 9.59 Å². The summed E-state index contributed by atoms with van der Waals surface area (Å²) < 4.78 is 0. The maximum atomic E-state index is 12.7. The molecular weight excluding hydrogens is 394 g/mol. The number of nitrogens with zero attached hydrogens (tertiary/aromatic N) is 1. The molecule has 0 saturated heterocycles. The molecule has 2 amide bonds. The molecule has 5 nitrogen and oxygen atoms in total. The van der Waals surface area contributed by atoms with Gasteiger partial charge in [-0.15, -0.1) is 11.3 Å². The van der Waals surface area contributed by atoms with Crippen molar-refractivity contribution in [2.75, 3.05) is 5.32 Å². The lowest BCUT2D eigenvalue weighted by Crippen LogP contribution is -2.22. The Hall–Kier alpha value is -2.99. The van der Waals surface area contributed by atoms with E-state index in [1.807, 2.05) is 31.2 Å². The average Bonchev–Trinajstić information content (AvgIpc) is 3.55. The van der Waals surface area contributed by atoms with E-state index in [1.165, 1.54) is 16.9 Å². The summed E-state index contributed by atoms with van der Waals surface area (Å²) in [6, 6.07) is 15.9. The van der Waals surface area contributed by atoms with E-state index in [1.54, 1.807) is 0 Å². The molecule has 0 aliphatic heterocycles. The van der Waals surface area contributed by atoms with Crippen LogP contribution in [0.5, 0.6) is 0 Å². The number of aryl methyl sites for hydroxylation is 2. The average molecular weight is 420 g/mol. The number of carbonyl (C=O) groups excluding carboxylic acids is 2. The topological polar surface area (TPSA) is 71.1 Å². The first-order valence-corrected chi connectivity index (χ1v) is 11.1. The molecule has 2 N–H and O–H groups in total. The summed E-state index contributed by atoms with van der Waals surface area (Å²) in [6.45, 7) is 4.42. The number of amides is 2. The third-order valence-corrected chi connectivity index (χ3v) is 6.44. The number of thiazole rings is 1. The Labute approximate surface area is 180 Å². The standard InChI is InChI=1S/C24H25N3O2S/c1-3-16-4-8-19(9-5-16)24-26-15(2)21(30-24)23(29)25-14-17-6-12-20(13-7-17)27-22(28)18-10-11-18/h4-9,12-13,18H,3,10-11,14H2,1-2H3,(H,25,29)(H,27,28). The molecule has 1 fully saturated rings. The Morgan fingerprint density at radius 3 is 2.33 bits per heavy atom. The Balaban J connectivity index is 1.36. The van der Waals surface area contributed by atoms with Crippen molar-refractivity contribution in [3.05, 3.63) is 70.2 Å². The predicted molar refractivity (Wildman–Crippen MR) is 121 cm³/mol. The molecule has 2 aromatic carbocycles. The number of carbonyl (C=O) groups is 2. The summed E-state index contributed by atoms with van der Waals surface area (Å²) >= 11 is 1.42. The van der Waals surface area contributed by atoms with Crippen molar-refractivity contribution in [1.29, 1.82) is 0 Å². The van der Waals surface area contributed by atoms with Crippen LogP contribution in [0.1, 0.15) is 46.3 Å². The van der Waals surface area contributed by atoms with Crippen LogP contribution in [-0.2, 0) is 17.8 Å². The minimum atomic E-state index is -0.118. The van der Waals surface area contributed by atoms with E-state index in [0.717, 1.165) is 46.8 Å². The third kappa shape index (κ3) is 4.76. The van der Waals surface area contributed by atoms with Crippen molar-refractivity contribution < 1.29 is 9.59 Å². The van der Waals surface area contributed by atoms with Gasteiger partial charge >= 0.3 is 0 Å². The van der Waals surface area contributed by atoms with Crippen LogP contribution in [0, 0.1) is 12.8 Å². The van der Waals surface area contributed by atoms with E-state index in [9.17, 15) is 9.59 Å². The van der Waals surface area contributed by atoms with Gasteiger partial charge < -0.3 is 10.6 Å². The minimum Gasteiger partial charge on any atom is -0.347 e. The number of anilines is 1. The summed E-state index contributed by atoms with van der Waals surface area (Å²) in [6.07, 6.45) is 2.97. The second-order valence-corrected chi connectivity index (χ2v) is 8.63. The summed E-state index contributed by atoms with van der Waals surface area (Å²) in [7, 11) is 0. The molecule has 1 aliphatic carbocycles. The highest BCUT2D eigenvalue weighted by molar-refractivity contribution is 7.17. The smallest absolute Gasteiger partial charge is 0.263 e. The van der Waals surface area contributed by atoms with Crippen molar-refractivity contribution in [3.63, 3.8) is 0 Å². The summed E-state index contributed by atoms with van der Waals surface area (Å²) in [5, 5.41) is 6.75. The van der Waals surface area contributed by atoms with Gasteiger partial charge in [0.25, 0.3) is 5.91 Å². The fourth-order valence-corrected chi connectivity index (χ4v) is 4.16. The van der Waals surface area contributed by atoms with Gasteiger partial charge in [0.05, 0.1) is 5.69 Å². The van der Waals surface area contributed by atoms with E-state index in [2.05, 4.69) is 46.8 Å².